The molecule has 9 heteroatoms. The van der Waals surface area contributed by atoms with E-state index in [2.05, 4.69) is 31.5 Å². The highest BCUT2D eigenvalue weighted by molar-refractivity contribution is 6.15. The minimum Gasteiger partial charge on any atom is -0.317 e. The van der Waals surface area contributed by atoms with Gasteiger partial charge in [0.2, 0.25) is 5.91 Å². The Kier molecular flexibility index (Phi) is 3.79. The van der Waals surface area contributed by atoms with Crippen molar-refractivity contribution in [2.24, 2.45) is 7.05 Å². The molecule has 0 unspecified atom stereocenters. The topological polar surface area (TPSA) is 105 Å². The number of H-pyrrole nitrogens is 1. The van der Waals surface area contributed by atoms with Crippen LogP contribution in [0.4, 0.5) is 11.5 Å². The smallest absolute Gasteiger partial charge is 0.243 e. The number of benzene rings is 1. The number of aromatic amines is 1. The van der Waals surface area contributed by atoms with Gasteiger partial charge in [-0.3, -0.25) is 14.8 Å². The van der Waals surface area contributed by atoms with Gasteiger partial charge in [0.15, 0.2) is 17.0 Å². The van der Waals surface area contributed by atoms with Crippen LogP contribution in [0.15, 0.2) is 36.8 Å². The molecule has 2 aliphatic rings. The molecule has 4 aromatic rings. The summed E-state index contributed by atoms with van der Waals surface area (Å²) in [5.41, 5.74) is 4.55. The molecule has 0 aliphatic carbocycles. The first-order chi connectivity index (χ1) is 15.1. The van der Waals surface area contributed by atoms with Crippen molar-refractivity contribution in [1.29, 1.82) is 0 Å². The van der Waals surface area contributed by atoms with Gasteiger partial charge in [0, 0.05) is 12.7 Å². The van der Waals surface area contributed by atoms with Crippen molar-refractivity contribution in [3.63, 3.8) is 0 Å². The van der Waals surface area contributed by atoms with E-state index in [0.717, 1.165) is 54.3 Å². The number of aryl methyl sites for hydroxylation is 2. The number of fused-ring (bicyclic) bond motifs is 3. The maximum atomic E-state index is 13.9. The Morgan fingerprint density at radius 1 is 1.13 bits per heavy atom. The van der Waals surface area contributed by atoms with E-state index in [9.17, 15) is 4.79 Å². The van der Waals surface area contributed by atoms with Crippen LogP contribution in [0.3, 0.4) is 0 Å². The fraction of sp³-hybridized carbons (Fsp3) is 0.318. The van der Waals surface area contributed by atoms with Gasteiger partial charge in [0.05, 0.1) is 22.9 Å². The first kappa shape index (κ1) is 18.2. The van der Waals surface area contributed by atoms with E-state index < -0.39 is 5.41 Å². The lowest BCUT2D eigenvalue weighted by Gasteiger charge is -2.32. The highest BCUT2D eigenvalue weighted by Crippen LogP contribution is 2.50. The molecule has 2 aliphatic heterocycles. The van der Waals surface area contributed by atoms with E-state index in [1.807, 2.05) is 36.7 Å². The number of hydrogen-bond donors (Lipinski definition) is 2. The van der Waals surface area contributed by atoms with Crippen molar-refractivity contribution in [2.45, 2.75) is 25.2 Å². The molecule has 1 spiro atoms. The van der Waals surface area contributed by atoms with Gasteiger partial charge in [0.1, 0.15) is 12.2 Å². The lowest BCUT2D eigenvalue weighted by atomic mass is 9.74. The molecule has 1 fully saturated rings. The molecule has 9 nitrogen and oxygen atoms in total. The molecule has 31 heavy (non-hydrogen) atoms. The molecular formula is C22H22N8O. The minimum atomic E-state index is -0.516. The molecule has 1 aromatic carbocycles. The van der Waals surface area contributed by atoms with E-state index in [1.165, 1.54) is 6.33 Å². The number of carbonyl (C=O) groups is 1. The average Bonchev–Trinajstić information content (AvgIpc) is 3.43. The number of nitrogens with one attached hydrogen (secondary N) is 2. The van der Waals surface area contributed by atoms with Crippen LogP contribution in [-0.2, 0) is 17.3 Å². The molecule has 0 saturated carbocycles. The molecule has 0 atom stereocenters. The molecule has 1 saturated heterocycles. The number of rotatable bonds is 2. The van der Waals surface area contributed by atoms with E-state index >= 15 is 0 Å². The number of hydrogen-bond acceptors (Lipinski definition) is 6. The van der Waals surface area contributed by atoms with Crippen molar-refractivity contribution >= 4 is 28.6 Å². The second-order valence-corrected chi connectivity index (χ2v) is 8.26. The summed E-state index contributed by atoms with van der Waals surface area (Å²) in [6, 6.07) is 8.06. The molecule has 0 bridgehead atoms. The lowest BCUT2D eigenvalue weighted by Crippen LogP contribution is -2.46. The van der Waals surface area contributed by atoms with Crippen molar-refractivity contribution < 1.29 is 4.79 Å². The standard InChI is InChI=1S/C22H22N8O/c1-13-14(11-26-28-13)18-27-17-19(29(18)2)24-12-25-20(17)30-16-6-4-3-5-15(16)22(21(30)31)7-9-23-10-8-22/h3-6,11-12,23H,7-10H2,1-2H3,(H,26,28). The zero-order chi connectivity index (χ0) is 21.2. The van der Waals surface area contributed by atoms with Gasteiger partial charge in [-0.1, -0.05) is 18.2 Å². The quantitative estimate of drug-likeness (QED) is 0.522. The first-order valence-electron chi connectivity index (χ1n) is 10.4. The Hall–Kier alpha value is -3.59. The Bertz CT molecular complexity index is 1330. The second-order valence-electron chi connectivity index (χ2n) is 8.26. The van der Waals surface area contributed by atoms with Crippen molar-refractivity contribution in [3.8, 4) is 11.4 Å². The van der Waals surface area contributed by atoms with Crippen molar-refractivity contribution in [3.05, 3.63) is 48.0 Å². The first-order valence-corrected chi connectivity index (χ1v) is 10.4. The third-order valence-corrected chi connectivity index (χ3v) is 6.65. The van der Waals surface area contributed by atoms with Crippen LogP contribution in [0.1, 0.15) is 24.1 Å². The number of carbonyl (C=O) groups excluding carboxylic acids is 1. The summed E-state index contributed by atoms with van der Waals surface area (Å²) in [5, 5.41) is 10.5. The summed E-state index contributed by atoms with van der Waals surface area (Å²) in [6.45, 7) is 3.59. The molecule has 156 valence electrons. The Morgan fingerprint density at radius 2 is 1.94 bits per heavy atom. The maximum absolute atomic E-state index is 13.9. The third kappa shape index (κ3) is 2.37. The fourth-order valence-corrected chi connectivity index (χ4v) is 5.03. The van der Waals surface area contributed by atoms with Crippen LogP contribution in [0, 0.1) is 6.92 Å². The van der Waals surface area contributed by atoms with Gasteiger partial charge in [-0.15, -0.1) is 0 Å². The normalized spacial score (nSPS) is 17.6. The van der Waals surface area contributed by atoms with Gasteiger partial charge >= 0.3 is 0 Å². The summed E-state index contributed by atoms with van der Waals surface area (Å²) < 4.78 is 1.92. The molecule has 6 rings (SSSR count). The van der Waals surface area contributed by atoms with E-state index in [-0.39, 0.29) is 5.91 Å². The average molecular weight is 414 g/mol. The number of anilines is 2. The highest BCUT2D eigenvalue weighted by Gasteiger charge is 2.52. The van der Waals surface area contributed by atoms with Crippen molar-refractivity contribution in [1.82, 2.24) is 35.0 Å². The summed E-state index contributed by atoms with van der Waals surface area (Å²) in [7, 11) is 1.92. The lowest BCUT2D eigenvalue weighted by molar-refractivity contribution is -0.123. The van der Waals surface area contributed by atoms with Crippen LogP contribution >= 0.6 is 0 Å². The van der Waals surface area contributed by atoms with E-state index in [1.54, 1.807) is 11.1 Å². The number of imidazole rings is 1. The summed E-state index contributed by atoms with van der Waals surface area (Å²) >= 11 is 0. The fourth-order valence-electron chi connectivity index (χ4n) is 5.03. The molecular weight excluding hydrogens is 392 g/mol. The Balaban J connectivity index is 1.58. The second kappa shape index (κ2) is 6.45. The van der Waals surface area contributed by atoms with E-state index in [0.29, 0.717) is 17.0 Å². The van der Waals surface area contributed by atoms with Crippen LogP contribution in [0.25, 0.3) is 22.6 Å². The van der Waals surface area contributed by atoms with Crippen LogP contribution in [-0.4, -0.2) is 48.7 Å². The summed E-state index contributed by atoms with van der Waals surface area (Å²) in [4.78, 5) is 29.6. The molecule has 5 heterocycles. The molecule has 2 N–H and O–H groups in total. The minimum absolute atomic E-state index is 0.0712. The maximum Gasteiger partial charge on any atom is 0.243 e. The zero-order valence-electron chi connectivity index (χ0n) is 17.4. The Morgan fingerprint density at radius 3 is 2.71 bits per heavy atom. The number of piperidine rings is 1. The van der Waals surface area contributed by atoms with Gasteiger partial charge in [0.25, 0.3) is 0 Å². The van der Waals surface area contributed by atoms with Crippen LogP contribution < -0.4 is 10.2 Å². The van der Waals surface area contributed by atoms with E-state index in [4.69, 9.17) is 4.98 Å². The zero-order valence-corrected chi connectivity index (χ0v) is 17.4. The predicted octanol–water partition coefficient (Wildman–Crippen LogP) is 2.36. The molecule has 0 radical (unpaired) electrons. The number of amides is 1. The SMILES string of the molecule is Cc1[nH]ncc1-c1nc2c(N3C(=O)C4(CCNCC4)c4ccccc43)ncnc2n1C. The van der Waals surface area contributed by atoms with Crippen LogP contribution in [0.2, 0.25) is 0 Å². The Labute approximate surface area is 178 Å². The number of para-hydroxylation sites is 1. The molecule has 3 aromatic heterocycles. The van der Waals surface area contributed by atoms with Gasteiger partial charge < -0.3 is 9.88 Å². The summed E-state index contributed by atoms with van der Waals surface area (Å²) in [6.07, 6.45) is 4.81. The third-order valence-electron chi connectivity index (χ3n) is 6.65. The van der Waals surface area contributed by atoms with Gasteiger partial charge in [-0.05, 0) is 44.5 Å². The van der Waals surface area contributed by atoms with Gasteiger partial charge in [-0.2, -0.15) is 5.10 Å². The predicted molar refractivity (Wildman–Crippen MR) is 116 cm³/mol. The summed E-state index contributed by atoms with van der Waals surface area (Å²) in [5.74, 6) is 1.34. The van der Waals surface area contributed by atoms with Crippen LogP contribution in [0.5, 0.6) is 0 Å². The number of aromatic nitrogens is 6. The highest BCUT2D eigenvalue weighted by atomic mass is 16.2. The number of nitrogens with zero attached hydrogens (tertiary/aromatic N) is 6. The van der Waals surface area contributed by atoms with Gasteiger partial charge in [-0.25, -0.2) is 15.0 Å². The van der Waals surface area contributed by atoms with Crippen molar-refractivity contribution in [2.75, 3.05) is 18.0 Å². The largest absolute Gasteiger partial charge is 0.317 e. The molecule has 1 amide bonds. The monoisotopic (exact) mass is 414 g/mol.